The monoisotopic (exact) mass is 888 g/mol. The lowest BCUT2D eigenvalue weighted by atomic mass is 9.60. The Bertz CT molecular complexity index is 2660. The molecule has 4 heteroatoms. The number of hydrogen-bond donors (Lipinski definition) is 0. The van der Waals surface area contributed by atoms with Gasteiger partial charge in [0.05, 0.1) is 0 Å². The summed E-state index contributed by atoms with van der Waals surface area (Å²) in [5.41, 5.74) is 18.4. The number of rotatable bonds is 12. The van der Waals surface area contributed by atoms with E-state index in [1.54, 1.807) is 0 Å². The van der Waals surface area contributed by atoms with Crippen LogP contribution >= 0.6 is 8.03 Å². The van der Waals surface area contributed by atoms with Gasteiger partial charge in [0.15, 0.2) is 0 Å². The average molecular weight is 889 g/mol. The van der Waals surface area contributed by atoms with Gasteiger partial charge in [-0.25, -0.2) is 0 Å². The summed E-state index contributed by atoms with van der Waals surface area (Å²) < 4.78 is 15.7. The minimum Gasteiger partial charge on any atom is -0.595 e. The predicted octanol–water partition coefficient (Wildman–Crippen LogP) is 16.7. The van der Waals surface area contributed by atoms with E-state index in [1.165, 1.54) is 44.5 Å². The van der Waals surface area contributed by atoms with E-state index in [4.69, 9.17) is 0 Å². The fraction of sp³-hybridized carbons (Fsp3) is 0.306. The maximum atomic E-state index is 15.7. The van der Waals surface area contributed by atoms with Gasteiger partial charge < -0.3 is 4.89 Å². The molecule has 3 unspecified atom stereocenters. The van der Waals surface area contributed by atoms with Gasteiger partial charge in [0, 0.05) is 30.2 Å². The molecular formula is C62H65O3P. The first-order valence-electron chi connectivity index (χ1n) is 24.0. The standard InChI is InChI=1S/C62H65O3P/c1-38(2)53-32-46(49-28-19-17-22-42(49)9)33-54(39(3)4)59(53)51-30-21-31-52(60-55(40(5)6)34-47(35-56(60)41(7)8)50-29-20-18-23-43(50)10)61(51)62(66(64)65)57(44-24-13-11-14-25-44)36-48(63)37-58(62)45-26-15-12-16-27-45/h11-35,38-41,57-58H,36-37H2,1-10H3. The molecule has 336 valence electrons. The van der Waals surface area contributed by atoms with Crippen LogP contribution in [-0.4, -0.2) is 5.78 Å². The molecule has 0 heterocycles. The molecule has 0 aliphatic heterocycles. The molecule has 66 heavy (non-hydrogen) atoms. The molecule has 1 aliphatic carbocycles. The normalized spacial score (nSPS) is 17.9. The number of carbonyl (C=O) groups excluding carboxylic acids is 1. The first-order chi connectivity index (χ1) is 31.6. The molecule has 1 saturated carbocycles. The smallest absolute Gasteiger partial charge is 0.321 e. The maximum absolute atomic E-state index is 15.7. The maximum Gasteiger partial charge on any atom is 0.321 e. The van der Waals surface area contributed by atoms with Crippen LogP contribution in [0, 0.1) is 13.8 Å². The molecule has 7 aromatic rings. The molecule has 0 aromatic heterocycles. The Hall–Kier alpha value is -5.73. The average Bonchev–Trinajstić information content (AvgIpc) is 3.31. The van der Waals surface area contributed by atoms with E-state index in [-0.39, 0.29) is 42.3 Å². The van der Waals surface area contributed by atoms with Gasteiger partial charge in [-0.2, -0.15) is 0 Å². The summed E-state index contributed by atoms with van der Waals surface area (Å²) in [4.78, 5) is 30.1. The second kappa shape index (κ2) is 19.2. The van der Waals surface area contributed by atoms with Gasteiger partial charge in [-0.3, -0.25) is 4.79 Å². The highest BCUT2D eigenvalue weighted by Crippen LogP contribution is 2.68. The molecule has 0 saturated heterocycles. The fourth-order valence-corrected chi connectivity index (χ4v) is 12.6. The Labute approximate surface area is 395 Å². The number of benzene rings is 7. The second-order valence-corrected chi connectivity index (χ2v) is 21.2. The SMILES string of the molecule is Cc1ccccc1-c1cc(C(C)C)c(-c2cccc(-c3c(C(C)C)cc(-c4ccccc4C)cc3C(C)C)c2C2([P+](=O)[O-])C(c3ccccc3)CC(=O)CC2c2ccccc2)c(C(C)C)c1. The van der Waals surface area contributed by atoms with Crippen LogP contribution in [0.15, 0.2) is 152 Å². The third-order valence-corrected chi connectivity index (χ3v) is 15.9. The third kappa shape index (κ3) is 8.46. The van der Waals surface area contributed by atoms with E-state index < -0.39 is 25.0 Å². The van der Waals surface area contributed by atoms with Gasteiger partial charge in [0.25, 0.3) is 0 Å². The first-order valence-corrected chi connectivity index (χ1v) is 25.2. The topological polar surface area (TPSA) is 57.2 Å². The van der Waals surface area contributed by atoms with Gasteiger partial charge in [-0.1, -0.05) is 212 Å². The summed E-state index contributed by atoms with van der Waals surface area (Å²) in [6, 6.07) is 53.2. The highest BCUT2D eigenvalue weighted by atomic mass is 31.1. The predicted molar refractivity (Wildman–Crippen MR) is 276 cm³/mol. The molecule has 0 spiro atoms. The first kappa shape index (κ1) is 46.8. The Balaban J connectivity index is 1.62. The van der Waals surface area contributed by atoms with E-state index >= 15 is 9.46 Å². The Morgan fingerprint density at radius 2 is 0.788 bits per heavy atom. The van der Waals surface area contributed by atoms with Crippen molar-refractivity contribution in [3.8, 4) is 44.5 Å². The van der Waals surface area contributed by atoms with Gasteiger partial charge in [-0.05, 0) is 127 Å². The number of aryl methyl sites for hydroxylation is 2. The molecule has 0 N–H and O–H groups in total. The second-order valence-electron chi connectivity index (χ2n) is 20.0. The van der Waals surface area contributed by atoms with Gasteiger partial charge in [0.2, 0.25) is 5.16 Å². The van der Waals surface area contributed by atoms with Crippen molar-refractivity contribution in [2.45, 2.75) is 123 Å². The number of Topliss-reactive ketones (excluding diaryl/α,β-unsaturated/α-hetero) is 1. The zero-order valence-electron chi connectivity index (χ0n) is 40.5. The van der Waals surface area contributed by atoms with Crippen molar-refractivity contribution in [1.82, 2.24) is 0 Å². The van der Waals surface area contributed by atoms with Crippen molar-refractivity contribution in [3.63, 3.8) is 0 Å². The number of ketones is 1. The molecule has 1 fully saturated rings. The van der Waals surface area contributed by atoms with Crippen LogP contribution in [0.5, 0.6) is 0 Å². The fourth-order valence-electron chi connectivity index (χ4n) is 11.2. The van der Waals surface area contributed by atoms with Crippen molar-refractivity contribution in [2.24, 2.45) is 0 Å². The Morgan fingerprint density at radius 1 is 0.470 bits per heavy atom. The summed E-state index contributed by atoms with van der Waals surface area (Å²) in [5.74, 6) is -0.859. The number of hydrogen-bond acceptors (Lipinski definition) is 3. The van der Waals surface area contributed by atoms with Gasteiger partial charge in [-0.15, -0.1) is 0 Å². The minimum absolute atomic E-state index is 0.0749. The molecule has 1 aliphatic rings. The summed E-state index contributed by atoms with van der Waals surface area (Å²) in [6.07, 6.45) is 0.232. The van der Waals surface area contributed by atoms with Crippen LogP contribution in [0.1, 0.15) is 154 Å². The molecule has 3 nitrogen and oxygen atoms in total. The van der Waals surface area contributed by atoms with Crippen molar-refractivity contribution in [2.75, 3.05) is 0 Å². The molecule has 8 rings (SSSR count). The molecule has 0 bridgehead atoms. The zero-order chi connectivity index (χ0) is 47.0. The highest BCUT2D eigenvalue weighted by Gasteiger charge is 2.63. The van der Waals surface area contributed by atoms with Crippen molar-refractivity contribution >= 4 is 13.8 Å². The Kier molecular flexibility index (Phi) is 13.6. The summed E-state index contributed by atoms with van der Waals surface area (Å²) >= 11 is 0. The largest absolute Gasteiger partial charge is 0.595 e. The molecule has 0 radical (unpaired) electrons. The van der Waals surface area contributed by atoms with Crippen molar-refractivity contribution in [3.05, 3.63) is 202 Å². The van der Waals surface area contributed by atoms with Gasteiger partial charge >= 0.3 is 8.03 Å². The van der Waals surface area contributed by atoms with Crippen LogP contribution in [0.2, 0.25) is 0 Å². The van der Waals surface area contributed by atoms with Crippen LogP contribution in [0.25, 0.3) is 44.5 Å². The van der Waals surface area contributed by atoms with E-state index in [2.05, 4.69) is 160 Å². The lowest BCUT2D eigenvalue weighted by Crippen LogP contribution is -2.45. The number of carbonyl (C=O) groups is 1. The quantitative estimate of drug-likeness (QED) is 0.115. The Morgan fingerprint density at radius 3 is 1.11 bits per heavy atom. The van der Waals surface area contributed by atoms with E-state index in [0.717, 1.165) is 50.1 Å². The van der Waals surface area contributed by atoms with Crippen LogP contribution < -0.4 is 4.89 Å². The molecular weight excluding hydrogens is 824 g/mol. The highest BCUT2D eigenvalue weighted by molar-refractivity contribution is 7.38. The van der Waals surface area contributed by atoms with Crippen molar-refractivity contribution in [1.29, 1.82) is 0 Å². The lowest BCUT2D eigenvalue weighted by molar-refractivity contribution is -0.172. The minimum atomic E-state index is -3.28. The van der Waals surface area contributed by atoms with E-state index in [1.807, 2.05) is 60.7 Å². The molecule has 7 aromatic carbocycles. The van der Waals surface area contributed by atoms with E-state index in [9.17, 15) is 4.79 Å². The van der Waals surface area contributed by atoms with Crippen LogP contribution in [-0.2, 0) is 14.5 Å². The zero-order valence-corrected chi connectivity index (χ0v) is 41.4. The van der Waals surface area contributed by atoms with Crippen LogP contribution in [0.4, 0.5) is 0 Å². The van der Waals surface area contributed by atoms with E-state index in [0.29, 0.717) is 0 Å². The van der Waals surface area contributed by atoms with Crippen molar-refractivity contribution < 1.29 is 14.3 Å². The molecule has 3 atom stereocenters. The summed E-state index contributed by atoms with van der Waals surface area (Å²) in [6.45, 7) is 22.4. The summed E-state index contributed by atoms with van der Waals surface area (Å²) in [7, 11) is -3.28. The van der Waals surface area contributed by atoms with Crippen LogP contribution in [0.3, 0.4) is 0 Å². The lowest BCUT2D eigenvalue weighted by Gasteiger charge is -2.45. The summed E-state index contributed by atoms with van der Waals surface area (Å²) in [5, 5.41) is -1.55. The third-order valence-electron chi connectivity index (χ3n) is 14.4. The van der Waals surface area contributed by atoms with Gasteiger partial charge in [0.1, 0.15) is 5.78 Å². The molecule has 0 amide bonds.